The third-order valence-electron chi connectivity index (χ3n) is 4.97. The van der Waals surface area contributed by atoms with Crippen molar-refractivity contribution in [2.75, 3.05) is 19.7 Å². The first-order valence-corrected chi connectivity index (χ1v) is 9.26. The average Bonchev–Trinajstić information content (AvgIpc) is 2.72. The van der Waals surface area contributed by atoms with E-state index in [2.05, 4.69) is 4.74 Å². The Morgan fingerprint density at radius 1 is 1.03 bits per heavy atom. The molecule has 0 fully saturated rings. The fraction of sp³-hybridized carbons (Fsp3) is 0.318. The molecule has 158 valence electrons. The lowest BCUT2D eigenvalue weighted by Crippen LogP contribution is -2.32. The number of nitriles is 1. The van der Waals surface area contributed by atoms with Gasteiger partial charge in [-0.05, 0) is 53.0 Å². The van der Waals surface area contributed by atoms with E-state index >= 15 is 0 Å². The SMILES string of the molecule is N#Cc1ccc(C2=C(COC(F)F)CCN(Cc3ccc(C(F)(F)F)cc3)C2)cc1. The maximum Gasteiger partial charge on any atom is 0.416 e. The summed E-state index contributed by atoms with van der Waals surface area (Å²) < 4.78 is 67.8. The van der Waals surface area contributed by atoms with E-state index in [0.29, 0.717) is 31.6 Å². The second kappa shape index (κ2) is 9.37. The van der Waals surface area contributed by atoms with E-state index < -0.39 is 18.4 Å². The number of halogens is 5. The van der Waals surface area contributed by atoms with Crippen LogP contribution in [0.15, 0.2) is 54.1 Å². The molecule has 0 saturated carbocycles. The maximum atomic E-state index is 12.7. The molecule has 2 aromatic rings. The lowest BCUT2D eigenvalue weighted by atomic mass is 9.93. The fourth-order valence-corrected chi connectivity index (χ4v) is 3.41. The van der Waals surface area contributed by atoms with Crippen LogP contribution in [0.5, 0.6) is 0 Å². The number of rotatable bonds is 6. The number of hydrogen-bond donors (Lipinski definition) is 0. The molecule has 0 atom stereocenters. The highest BCUT2D eigenvalue weighted by atomic mass is 19.4. The summed E-state index contributed by atoms with van der Waals surface area (Å²) in [6.07, 6.45) is -3.88. The van der Waals surface area contributed by atoms with Gasteiger partial charge < -0.3 is 4.74 Å². The van der Waals surface area contributed by atoms with Crippen LogP contribution in [0.2, 0.25) is 0 Å². The summed E-state index contributed by atoms with van der Waals surface area (Å²) in [5.74, 6) is 0. The van der Waals surface area contributed by atoms with Crippen LogP contribution < -0.4 is 0 Å². The zero-order valence-corrected chi connectivity index (χ0v) is 15.9. The molecular weight excluding hydrogens is 403 g/mol. The van der Waals surface area contributed by atoms with E-state index in [0.717, 1.165) is 34.4 Å². The van der Waals surface area contributed by atoms with E-state index in [1.54, 1.807) is 24.3 Å². The van der Waals surface area contributed by atoms with Gasteiger partial charge in [0.2, 0.25) is 0 Å². The van der Waals surface area contributed by atoms with Gasteiger partial charge in [-0.3, -0.25) is 4.90 Å². The van der Waals surface area contributed by atoms with Gasteiger partial charge in [-0.2, -0.15) is 27.2 Å². The van der Waals surface area contributed by atoms with Crippen LogP contribution in [0.4, 0.5) is 22.0 Å². The lowest BCUT2D eigenvalue weighted by molar-refractivity contribution is -0.137. The van der Waals surface area contributed by atoms with Gasteiger partial charge in [-0.1, -0.05) is 24.3 Å². The predicted molar refractivity (Wildman–Crippen MR) is 101 cm³/mol. The molecule has 0 saturated heterocycles. The van der Waals surface area contributed by atoms with Crippen molar-refractivity contribution in [2.24, 2.45) is 0 Å². The molecule has 8 heteroatoms. The van der Waals surface area contributed by atoms with Crippen LogP contribution in [0.1, 0.15) is 28.7 Å². The molecule has 0 bridgehead atoms. The predicted octanol–water partition coefficient (Wildman–Crippen LogP) is 5.48. The van der Waals surface area contributed by atoms with Crippen molar-refractivity contribution in [1.29, 1.82) is 5.26 Å². The molecular formula is C22H19F5N2O. The first-order valence-electron chi connectivity index (χ1n) is 9.26. The van der Waals surface area contributed by atoms with Crippen molar-refractivity contribution in [3.8, 4) is 6.07 Å². The molecule has 3 rings (SSSR count). The van der Waals surface area contributed by atoms with Gasteiger partial charge in [-0.25, -0.2) is 0 Å². The van der Waals surface area contributed by atoms with E-state index in [1.807, 2.05) is 11.0 Å². The summed E-state index contributed by atoms with van der Waals surface area (Å²) in [5.41, 5.74) is 2.91. The molecule has 0 spiro atoms. The third kappa shape index (κ3) is 5.65. The van der Waals surface area contributed by atoms with Gasteiger partial charge in [0.05, 0.1) is 23.8 Å². The molecule has 30 heavy (non-hydrogen) atoms. The van der Waals surface area contributed by atoms with Crippen molar-refractivity contribution in [3.63, 3.8) is 0 Å². The first kappa shape index (κ1) is 21.9. The van der Waals surface area contributed by atoms with Gasteiger partial charge in [-0.15, -0.1) is 0 Å². The van der Waals surface area contributed by atoms with Gasteiger partial charge in [0.1, 0.15) is 0 Å². The molecule has 2 aromatic carbocycles. The number of alkyl halides is 5. The highest BCUT2D eigenvalue weighted by Gasteiger charge is 2.30. The Bertz CT molecular complexity index is 928. The molecule has 0 N–H and O–H groups in total. The summed E-state index contributed by atoms with van der Waals surface area (Å²) in [6.45, 7) is -1.62. The minimum atomic E-state index is -4.38. The average molecular weight is 422 g/mol. The summed E-state index contributed by atoms with van der Waals surface area (Å²) >= 11 is 0. The van der Waals surface area contributed by atoms with Crippen LogP contribution in [0, 0.1) is 11.3 Å². The van der Waals surface area contributed by atoms with Crippen LogP contribution in [0.25, 0.3) is 5.57 Å². The topological polar surface area (TPSA) is 36.3 Å². The van der Waals surface area contributed by atoms with E-state index in [1.165, 1.54) is 12.1 Å². The summed E-state index contributed by atoms with van der Waals surface area (Å²) in [6, 6.07) is 13.9. The van der Waals surface area contributed by atoms with Crippen LogP contribution in [-0.2, 0) is 17.5 Å². The number of hydrogen-bond acceptors (Lipinski definition) is 3. The highest BCUT2D eigenvalue weighted by Crippen LogP contribution is 2.31. The van der Waals surface area contributed by atoms with E-state index in [-0.39, 0.29) is 6.61 Å². The molecule has 0 unspecified atom stereocenters. The molecule has 0 amide bonds. The van der Waals surface area contributed by atoms with Crippen molar-refractivity contribution >= 4 is 5.57 Å². The van der Waals surface area contributed by atoms with Gasteiger partial charge in [0, 0.05) is 19.6 Å². The van der Waals surface area contributed by atoms with Crippen LogP contribution in [-0.4, -0.2) is 31.2 Å². The van der Waals surface area contributed by atoms with E-state index in [4.69, 9.17) is 5.26 Å². The Hall–Kier alpha value is -2.76. The smallest absolute Gasteiger partial charge is 0.318 e. The largest absolute Gasteiger partial charge is 0.416 e. The third-order valence-corrected chi connectivity index (χ3v) is 4.97. The molecule has 0 radical (unpaired) electrons. The Morgan fingerprint density at radius 2 is 1.70 bits per heavy atom. The van der Waals surface area contributed by atoms with Gasteiger partial charge in [0.25, 0.3) is 0 Å². The molecule has 1 aliphatic heterocycles. The zero-order chi connectivity index (χ0) is 21.7. The standard InChI is InChI=1S/C22H19F5N2O/c23-21(24)30-14-18-9-10-29(12-16-3-7-19(8-4-16)22(25,26)27)13-20(18)17-5-1-15(11-28)2-6-17/h1-8,21H,9-10,12-14H2. The summed E-state index contributed by atoms with van der Waals surface area (Å²) in [4.78, 5) is 2.04. The minimum absolute atomic E-state index is 0.193. The normalized spacial score (nSPS) is 15.5. The van der Waals surface area contributed by atoms with Crippen molar-refractivity contribution in [2.45, 2.75) is 25.8 Å². The number of ether oxygens (including phenoxy) is 1. The van der Waals surface area contributed by atoms with E-state index in [9.17, 15) is 22.0 Å². The number of nitrogens with zero attached hydrogens (tertiary/aromatic N) is 2. The summed E-state index contributed by atoms with van der Waals surface area (Å²) in [7, 11) is 0. The van der Waals surface area contributed by atoms with Crippen LogP contribution >= 0.6 is 0 Å². The second-order valence-electron chi connectivity index (χ2n) is 7.00. The molecule has 0 aromatic heterocycles. The van der Waals surface area contributed by atoms with Crippen LogP contribution in [0.3, 0.4) is 0 Å². The summed E-state index contributed by atoms with van der Waals surface area (Å²) in [5, 5.41) is 8.97. The monoisotopic (exact) mass is 422 g/mol. The van der Waals surface area contributed by atoms with Gasteiger partial charge >= 0.3 is 12.8 Å². The molecule has 0 aliphatic carbocycles. The second-order valence-corrected chi connectivity index (χ2v) is 7.00. The Kier molecular flexibility index (Phi) is 6.85. The van der Waals surface area contributed by atoms with Crippen molar-refractivity contribution in [1.82, 2.24) is 4.90 Å². The first-order chi connectivity index (χ1) is 14.3. The Balaban J connectivity index is 1.78. The minimum Gasteiger partial charge on any atom is -0.318 e. The fourth-order valence-electron chi connectivity index (χ4n) is 3.41. The maximum absolute atomic E-state index is 12.7. The Labute approximate surface area is 171 Å². The molecule has 1 aliphatic rings. The Morgan fingerprint density at radius 3 is 2.27 bits per heavy atom. The molecule has 3 nitrogen and oxygen atoms in total. The number of benzene rings is 2. The quantitative estimate of drug-likeness (QED) is 0.579. The van der Waals surface area contributed by atoms with Crippen molar-refractivity contribution < 1.29 is 26.7 Å². The van der Waals surface area contributed by atoms with Gasteiger partial charge in [0.15, 0.2) is 0 Å². The zero-order valence-electron chi connectivity index (χ0n) is 15.9. The lowest BCUT2D eigenvalue weighted by Gasteiger charge is -2.31. The van der Waals surface area contributed by atoms with Crippen molar-refractivity contribution in [3.05, 3.63) is 76.4 Å². The molecule has 1 heterocycles. The highest BCUT2D eigenvalue weighted by molar-refractivity contribution is 5.71.